The van der Waals surface area contributed by atoms with E-state index in [-0.39, 0.29) is 5.56 Å². The zero-order valence-electron chi connectivity index (χ0n) is 15.6. The average Bonchev–Trinajstić information content (AvgIpc) is 2.75. The van der Waals surface area contributed by atoms with Crippen LogP contribution in [0.4, 0.5) is 0 Å². The van der Waals surface area contributed by atoms with Crippen LogP contribution in [0.15, 0.2) is 94.9 Å². The molecule has 0 atom stereocenters. The second-order valence-electron chi connectivity index (χ2n) is 6.73. The number of rotatable bonds is 7. The maximum atomic E-state index is 13.1. The van der Waals surface area contributed by atoms with Crippen molar-refractivity contribution in [3.05, 3.63) is 106 Å². The standard InChI is InChI=1S/C24H22N2OS/c27-23-21-15-7-8-16-22(21)25-24(26(23)18-20-12-5-2-6-13-20)28-17-9-14-19-10-3-1-4-11-19/h1-8,10-13,15-16H,9,14,17-18H2. The fourth-order valence-corrected chi connectivity index (χ4v) is 4.19. The summed E-state index contributed by atoms with van der Waals surface area (Å²) in [4.78, 5) is 17.9. The minimum atomic E-state index is 0.0278. The summed E-state index contributed by atoms with van der Waals surface area (Å²) >= 11 is 1.67. The predicted molar refractivity (Wildman–Crippen MR) is 117 cm³/mol. The summed E-state index contributed by atoms with van der Waals surface area (Å²) in [5.74, 6) is 0.925. The molecule has 3 aromatic carbocycles. The van der Waals surface area contributed by atoms with Gasteiger partial charge in [-0.1, -0.05) is 84.6 Å². The molecular formula is C24H22N2OS. The van der Waals surface area contributed by atoms with Gasteiger partial charge >= 0.3 is 0 Å². The number of fused-ring (bicyclic) bond motifs is 1. The summed E-state index contributed by atoms with van der Waals surface area (Å²) in [6.07, 6.45) is 2.08. The number of hydrogen-bond acceptors (Lipinski definition) is 3. The Kier molecular flexibility index (Phi) is 5.88. The second kappa shape index (κ2) is 8.89. The van der Waals surface area contributed by atoms with Crippen molar-refractivity contribution in [2.45, 2.75) is 24.5 Å². The van der Waals surface area contributed by atoms with E-state index in [1.54, 1.807) is 11.8 Å². The van der Waals surface area contributed by atoms with Gasteiger partial charge in [0.1, 0.15) is 0 Å². The predicted octanol–water partition coefficient (Wildman–Crippen LogP) is 5.17. The zero-order chi connectivity index (χ0) is 19.2. The molecule has 0 N–H and O–H groups in total. The molecule has 3 nitrogen and oxygen atoms in total. The molecule has 0 aliphatic rings. The van der Waals surface area contributed by atoms with Gasteiger partial charge in [-0.25, -0.2) is 4.98 Å². The Morgan fingerprint density at radius 3 is 2.18 bits per heavy atom. The number of aromatic nitrogens is 2. The monoisotopic (exact) mass is 386 g/mol. The average molecular weight is 387 g/mol. The van der Waals surface area contributed by atoms with Gasteiger partial charge in [0.25, 0.3) is 5.56 Å². The normalized spacial score (nSPS) is 11.0. The highest BCUT2D eigenvalue weighted by atomic mass is 32.2. The van der Waals surface area contributed by atoms with E-state index in [9.17, 15) is 4.79 Å². The number of thioether (sulfide) groups is 1. The highest BCUT2D eigenvalue weighted by Gasteiger charge is 2.12. The minimum Gasteiger partial charge on any atom is -0.283 e. The quantitative estimate of drug-likeness (QED) is 0.250. The first-order valence-corrected chi connectivity index (χ1v) is 10.5. The third-order valence-electron chi connectivity index (χ3n) is 4.69. The van der Waals surface area contributed by atoms with Gasteiger partial charge in [-0.05, 0) is 36.1 Å². The van der Waals surface area contributed by atoms with Crippen LogP contribution >= 0.6 is 11.8 Å². The van der Waals surface area contributed by atoms with Crippen LogP contribution < -0.4 is 5.56 Å². The van der Waals surface area contributed by atoms with Crippen molar-refractivity contribution in [3.8, 4) is 0 Å². The number of benzene rings is 3. The van der Waals surface area contributed by atoms with E-state index in [0.717, 1.165) is 34.8 Å². The van der Waals surface area contributed by atoms with Crippen molar-refractivity contribution in [3.63, 3.8) is 0 Å². The Morgan fingerprint density at radius 2 is 1.43 bits per heavy atom. The summed E-state index contributed by atoms with van der Waals surface area (Å²) in [5.41, 5.74) is 3.24. The molecule has 1 heterocycles. The van der Waals surface area contributed by atoms with Crippen molar-refractivity contribution < 1.29 is 0 Å². The maximum Gasteiger partial charge on any atom is 0.262 e. The van der Waals surface area contributed by atoms with Crippen LogP contribution in [0.25, 0.3) is 10.9 Å². The van der Waals surface area contributed by atoms with E-state index in [1.807, 2.05) is 65.2 Å². The smallest absolute Gasteiger partial charge is 0.262 e. The summed E-state index contributed by atoms with van der Waals surface area (Å²) in [6.45, 7) is 0.540. The summed E-state index contributed by atoms with van der Waals surface area (Å²) < 4.78 is 1.81. The molecule has 4 aromatic rings. The van der Waals surface area contributed by atoms with Crippen molar-refractivity contribution >= 4 is 22.7 Å². The SMILES string of the molecule is O=c1c2ccccc2nc(SCCCc2ccccc2)n1Cc1ccccc1. The van der Waals surface area contributed by atoms with E-state index in [0.29, 0.717) is 11.9 Å². The lowest BCUT2D eigenvalue weighted by molar-refractivity contribution is 0.657. The van der Waals surface area contributed by atoms with Gasteiger partial charge in [0.05, 0.1) is 17.4 Å². The second-order valence-corrected chi connectivity index (χ2v) is 7.79. The molecule has 0 aliphatic heterocycles. The first-order valence-electron chi connectivity index (χ1n) is 9.51. The lowest BCUT2D eigenvalue weighted by Crippen LogP contribution is -2.24. The van der Waals surface area contributed by atoms with Crippen LogP contribution in [0.3, 0.4) is 0 Å². The van der Waals surface area contributed by atoms with Gasteiger partial charge in [-0.3, -0.25) is 9.36 Å². The zero-order valence-corrected chi connectivity index (χ0v) is 16.4. The Morgan fingerprint density at radius 1 is 0.786 bits per heavy atom. The first kappa shape index (κ1) is 18.5. The first-order chi connectivity index (χ1) is 13.8. The fraction of sp³-hybridized carbons (Fsp3) is 0.167. The molecule has 0 aliphatic carbocycles. The third-order valence-corrected chi connectivity index (χ3v) is 5.76. The molecule has 1 aromatic heterocycles. The summed E-state index contributed by atoms with van der Waals surface area (Å²) in [7, 11) is 0. The van der Waals surface area contributed by atoms with Gasteiger partial charge < -0.3 is 0 Å². The highest BCUT2D eigenvalue weighted by Crippen LogP contribution is 2.20. The van der Waals surface area contributed by atoms with Crippen LogP contribution in [0.1, 0.15) is 17.5 Å². The van der Waals surface area contributed by atoms with Crippen LogP contribution in [0.5, 0.6) is 0 Å². The maximum absolute atomic E-state index is 13.1. The van der Waals surface area contributed by atoms with E-state index < -0.39 is 0 Å². The number of aryl methyl sites for hydroxylation is 1. The molecule has 0 saturated carbocycles. The summed E-state index contributed by atoms with van der Waals surface area (Å²) in [5, 5.41) is 1.47. The van der Waals surface area contributed by atoms with Gasteiger partial charge in [0, 0.05) is 5.75 Å². The lowest BCUT2D eigenvalue weighted by atomic mass is 10.1. The number of para-hydroxylation sites is 1. The summed E-state index contributed by atoms with van der Waals surface area (Å²) in [6, 6.07) is 28.2. The van der Waals surface area contributed by atoms with Crippen molar-refractivity contribution in [1.82, 2.24) is 9.55 Å². The Labute approximate surface area is 169 Å². The molecule has 0 unspecified atom stereocenters. The van der Waals surface area contributed by atoms with E-state index in [2.05, 4.69) is 24.3 Å². The Bertz CT molecular complexity index is 1110. The molecule has 140 valence electrons. The topological polar surface area (TPSA) is 34.9 Å². The number of hydrogen-bond donors (Lipinski definition) is 0. The molecule has 0 fully saturated rings. The van der Waals surface area contributed by atoms with Crippen molar-refractivity contribution in [1.29, 1.82) is 0 Å². The van der Waals surface area contributed by atoms with Gasteiger partial charge in [0.2, 0.25) is 0 Å². The fourth-order valence-electron chi connectivity index (χ4n) is 3.25. The molecule has 0 saturated heterocycles. The van der Waals surface area contributed by atoms with Crippen LogP contribution in [0, 0.1) is 0 Å². The third kappa shape index (κ3) is 4.34. The molecule has 4 heteroatoms. The Balaban J connectivity index is 1.58. The molecule has 0 bridgehead atoms. The highest BCUT2D eigenvalue weighted by molar-refractivity contribution is 7.99. The lowest BCUT2D eigenvalue weighted by Gasteiger charge is -2.13. The molecule has 0 spiro atoms. The van der Waals surface area contributed by atoms with Crippen LogP contribution in [0.2, 0.25) is 0 Å². The van der Waals surface area contributed by atoms with Gasteiger partial charge in [-0.2, -0.15) is 0 Å². The number of nitrogens with zero attached hydrogens (tertiary/aromatic N) is 2. The molecule has 4 rings (SSSR count). The largest absolute Gasteiger partial charge is 0.283 e. The molecule has 0 radical (unpaired) electrons. The minimum absolute atomic E-state index is 0.0278. The van der Waals surface area contributed by atoms with Crippen molar-refractivity contribution in [2.75, 3.05) is 5.75 Å². The van der Waals surface area contributed by atoms with E-state index >= 15 is 0 Å². The van der Waals surface area contributed by atoms with E-state index in [4.69, 9.17) is 4.98 Å². The van der Waals surface area contributed by atoms with Crippen LogP contribution in [-0.4, -0.2) is 15.3 Å². The Hall–Kier alpha value is -2.85. The van der Waals surface area contributed by atoms with E-state index in [1.165, 1.54) is 5.56 Å². The van der Waals surface area contributed by atoms with Gasteiger partial charge in [0.15, 0.2) is 5.16 Å². The molecular weight excluding hydrogens is 364 g/mol. The van der Waals surface area contributed by atoms with Crippen LogP contribution in [-0.2, 0) is 13.0 Å². The molecule has 28 heavy (non-hydrogen) atoms. The van der Waals surface area contributed by atoms with Gasteiger partial charge in [-0.15, -0.1) is 0 Å². The van der Waals surface area contributed by atoms with Crippen molar-refractivity contribution in [2.24, 2.45) is 0 Å². The molecule has 0 amide bonds.